The van der Waals surface area contributed by atoms with Crippen molar-refractivity contribution in [1.82, 2.24) is 4.57 Å². The summed E-state index contributed by atoms with van der Waals surface area (Å²) in [7, 11) is 0. The van der Waals surface area contributed by atoms with Crippen LogP contribution in [-0.2, 0) is 6.54 Å². The van der Waals surface area contributed by atoms with Crippen molar-refractivity contribution < 1.29 is 4.57 Å². The number of aryl methyl sites for hydroxylation is 1. The first-order valence-corrected chi connectivity index (χ1v) is 11.9. The van der Waals surface area contributed by atoms with Gasteiger partial charge in [-0.05, 0) is 25.0 Å². The molecule has 0 atom stereocenters. The van der Waals surface area contributed by atoms with Gasteiger partial charge in [0.25, 0.3) is 5.82 Å². The lowest BCUT2D eigenvalue weighted by Crippen LogP contribution is -2.37. The van der Waals surface area contributed by atoms with Gasteiger partial charge in [0.1, 0.15) is 18.1 Å². The van der Waals surface area contributed by atoms with Gasteiger partial charge in [-0.3, -0.25) is 0 Å². The van der Waals surface area contributed by atoms with Crippen molar-refractivity contribution in [3.05, 3.63) is 48.5 Å². The highest BCUT2D eigenvalue weighted by molar-refractivity contribution is 5.32. The van der Waals surface area contributed by atoms with Gasteiger partial charge >= 0.3 is 0 Å². The van der Waals surface area contributed by atoms with E-state index in [1.807, 2.05) is 0 Å². The van der Waals surface area contributed by atoms with E-state index in [0.29, 0.717) is 5.92 Å². The lowest BCUT2D eigenvalue weighted by atomic mass is 10.1. The minimum atomic E-state index is 0.521. The molecular formula is C26H43N2+. The van der Waals surface area contributed by atoms with E-state index in [1.165, 1.54) is 88.6 Å². The number of hydrogen-bond acceptors (Lipinski definition) is 0. The van der Waals surface area contributed by atoms with Crippen LogP contribution >= 0.6 is 0 Å². The lowest BCUT2D eigenvalue weighted by molar-refractivity contribution is -0.705. The molecule has 156 valence electrons. The predicted octanol–water partition coefficient (Wildman–Crippen LogP) is 7.59. The highest BCUT2D eigenvalue weighted by Crippen LogP contribution is 2.17. The first kappa shape index (κ1) is 22.7. The van der Waals surface area contributed by atoms with Crippen LogP contribution in [0.15, 0.2) is 42.7 Å². The molecule has 0 aliphatic rings. The maximum Gasteiger partial charge on any atom is 0.264 e. The van der Waals surface area contributed by atoms with E-state index < -0.39 is 0 Å². The molecule has 0 amide bonds. The molecule has 0 aliphatic carbocycles. The van der Waals surface area contributed by atoms with Gasteiger partial charge in [0.05, 0.1) is 12.5 Å². The third-order valence-electron chi connectivity index (χ3n) is 5.74. The zero-order chi connectivity index (χ0) is 20.0. The van der Waals surface area contributed by atoms with Crippen molar-refractivity contribution in [3.8, 4) is 5.69 Å². The standard InChI is InChI=1S/C26H43N2/c1-4-5-6-7-8-9-10-11-12-13-14-18-21-27-22-23-28(26(27)24(2)3)25-19-16-15-17-20-25/h15-17,19-20,22-24H,4-14,18,21H2,1-3H3/q+1. The van der Waals surface area contributed by atoms with Crippen LogP contribution in [0.3, 0.4) is 0 Å². The Balaban J connectivity index is 1.64. The van der Waals surface area contributed by atoms with Crippen LogP contribution in [0, 0.1) is 0 Å². The van der Waals surface area contributed by atoms with Crippen LogP contribution in [0.2, 0.25) is 0 Å². The number of rotatable bonds is 15. The van der Waals surface area contributed by atoms with Gasteiger partial charge in [-0.15, -0.1) is 0 Å². The summed E-state index contributed by atoms with van der Waals surface area (Å²) in [5.41, 5.74) is 1.26. The number of aromatic nitrogens is 2. The summed E-state index contributed by atoms with van der Waals surface area (Å²) in [6, 6.07) is 10.7. The molecule has 0 aliphatic heterocycles. The van der Waals surface area contributed by atoms with E-state index in [2.05, 4.69) is 72.6 Å². The van der Waals surface area contributed by atoms with Gasteiger partial charge in [0.2, 0.25) is 0 Å². The monoisotopic (exact) mass is 383 g/mol. The summed E-state index contributed by atoms with van der Waals surface area (Å²) in [4.78, 5) is 0. The molecule has 2 rings (SSSR count). The molecule has 0 saturated carbocycles. The third-order valence-corrected chi connectivity index (χ3v) is 5.74. The Morgan fingerprint density at radius 1 is 0.750 bits per heavy atom. The number of nitrogens with zero attached hydrogens (tertiary/aromatic N) is 2. The smallest absolute Gasteiger partial charge is 0.234 e. The van der Waals surface area contributed by atoms with Crippen molar-refractivity contribution >= 4 is 0 Å². The minimum Gasteiger partial charge on any atom is -0.234 e. The molecule has 0 N–H and O–H groups in total. The largest absolute Gasteiger partial charge is 0.264 e. The number of imidazole rings is 1. The Kier molecular flexibility index (Phi) is 11.0. The SMILES string of the molecule is CCCCCCCCCCCCCC[n+]1ccn(-c2ccccc2)c1C(C)C. The molecule has 1 aromatic carbocycles. The van der Waals surface area contributed by atoms with Crippen molar-refractivity contribution in [2.24, 2.45) is 0 Å². The molecule has 0 saturated heterocycles. The van der Waals surface area contributed by atoms with Crippen LogP contribution in [0.25, 0.3) is 5.69 Å². The van der Waals surface area contributed by atoms with Crippen LogP contribution in [0.5, 0.6) is 0 Å². The summed E-state index contributed by atoms with van der Waals surface area (Å²) in [6.45, 7) is 8.03. The van der Waals surface area contributed by atoms with Gasteiger partial charge in [0.15, 0.2) is 0 Å². The second kappa shape index (κ2) is 13.6. The van der Waals surface area contributed by atoms with Gasteiger partial charge in [-0.1, -0.05) is 103 Å². The number of para-hydroxylation sites is 1. The van der Waals surface area contributed by atoms with E-state index >= 15 is 0 Å². The molecular weight excluding hydrogens is 340 g/mol. The summed E-state index contributed by atoms with van der Waals surface area (Å²) in [6.07, 6.45) is 21.4. The highest BCUT2D eigenvalue weighted by Gasteiger charge is 2.21. The zero-order valence-electron chi connectivity index (χ0n) is 18.7. The van der Waals surface area contributed by atoms with E-state index in [1.54, 1.807) is 0 Å². The number of unbranched alkanes of at least 4 members (excludes halogenated alkanes) is 11. The molecule has 0 bridgehead atoms. The Morgan fingerprint density at radius 2 is 1.29 bits per heavy atom. The summed E-state index contributed by atoms with van der Waals surface area (Å²) < 4.78 is 4.82. The molecule has 2 nitrogen and oxygen atoms in total. The van der Waals surface area contributed by atoms with Crippen LogP contribution in [0.1, 0.15) is 110 Å². The fourth-order valence-electron chi connectivity index (χ4n) is 4.17. The maximum absolute atomic E-state index is 2.47. The summed E-state index contributed by atoms with van der Waals surface area (Å²) in [5.74, 6) is 1.93. The zero-order valence-corrected chi connectivity index (χ0v) is 18.7. The van der Waals surface area contributed by atoms with E-state index in [4.69, 9.17) is 0 Å². The predicted molar refractivity (Wildman–Crippen MR) is 121 cm³/mol. The maximum atomic E-state index is 2.47. The quantitative estimate of drug-likeness (QED) is 0.221. The molecule has 2 aromatic rings. The Hall–Kier alpha value is -1.57. The molecule has 0 radical (unpaired) electrons. The number of benzene rings is 1. The first-order chi connectivity index (χ1) is 13.7. The van der Waals surface area contributed by atoms with Gasteiger partial charge in [-0.25, -0.2) is 4.57 Å². The third kappa shape index (κ3) is 7.81. The van der Waals surface area contributed by atoms with Crippen LogP contribution in [0.4, 0.5) is 0 Å². The second-order valence-corrected chi connectivity index (χ2v) is 8.60. The topological polar surface area (TPSA) is 8.81 Å². The van der Waals surface area contributed by atoms with Gasteiger partial charge in [-0.2, -0.15) is 4.57 Å². The Bertz CT molecular complexity index is 627. The van der Waals surface area contributed by atoms with E-state index in [9.17, 15) is 0 Å². The molecule has 0 fully saturated rings. The van der Waals surface area contributed by atoms with Crippen molar-refractivity contribution in [2.45, 2.75) is 110 Å². The molecule has 1 heterocycles. The van der Waals surface area contributed by atoms with Gasteiger partial charge < -0.3 is 0 Å². The van der Waals surface area contributed by atoms with E-state index in [0.717, 1.165) is 6.54 Å². The molecule has 28 heavy (non-hydrogen) atoms. The van der Waals surface area contributed by atoms with Crippen molar-refractivity contribution in [3.63, 3.8) is 0 Å². The molecule has 0 spiro atoms. The average molecular weight is 384 g/mol. The first-order valence-electron chi connectivity index (χ1n) is 11.9. The minimum absolute atomic E-state index is 0.521. The fraction of sp³-hybridized carbons (Fsp3) is 0.654. The van der Waals surface area contributed by atoms with Crippen molar-refractivity contribution in [1.29, 1.82) is 0 Å². The number of hydrogen-bond donors (Lipinski definition) is 0. The second-order valence-electron chi connectivity index (χ2n) is 8.60. The Morgan fingerprint density at radius 3 is 1.82 bits per heavy atom. The van der Waals surface area contributed by atoms with Crippen LogP contribution in [-0.4, -0.2) is 4.57 Å². The van der Waals surface area contributed by atoms with Crippen LogP contribution < -0.4 is 4.57 Å². The highest BCUT2D eigenvalue weighted by atomic mass is 15.2. The summed E-state index contributed by atoms with van der Waals surface area (Å²) >= 11 is 0. The van der Waals surface area contributed by atoms with Crippen molar-refractivity contribution in [2.75, 3.05) is 0 Å². The Labute approximate surface area is 174 Å². The van der Waals surface area contributed by atoms with E-state index in [-0.39, 0.29) is 0 Å². The molecule has 2 heteroatoms. The van der Waals surface area contributed by atoms with Gasteiger partial charge in [0, 0.05) is 0 Å². The molecule has 0 unspecified atom stereocenters. The molecule has 1 aromatic heterocycles. The normalized spacial score (nSPS) is 11.4. The average Bonchev–Trinajstić information content (AvgIpc) is 3.14. The fourth-order valence-corrected chi connectivity index (χ4v) is 4.17. The summed E-state index contributed by atoms with van der Waals surface area (Å²) in [5, 5.41) is 0. The lowest BCUT2D eigenvalue weighted by Gasteiger charge is -2.08.